The fourth-order valence-corrected chi connectivity index (χ4v) is 1.15. The van der Waals surface area contributed by atoms with Crippen LogP contribution in [0.4, 0.5) is 18.9 Å². The number of anilines is 1. The van der Waals surface area contributed by atoms with E-state index in [0.29, 0.717) is 5.75 Å². The van der Waals surface area contributed by atoms with Gasteiger partial charge >= 0.3 is 6.18 Å². The summed E-state index contributed by atoms with van der Waals surface area (Å²) in [6.07, 6.45) is -4.27. The molecule has 1 aromatic carbocycles. The minimum atomic E-state index is -4.27. The van der Waals surface area contributed by atoms with Gasteiger partial charge in [0.15, 0.2) is 0 Å². The molecule has 0 spiro atoms. The van der Waals surface area contributed by atoms with Gasteiger partial charge in [0, 0.05) is 6.07 Å². The maximum atomic E-state index is 11.9. The lowest BCUT2D eigenvalue weighted by molar-refractivity contribution is -0.115. The third-order valence-electron chi connectivity index (χ3n) is 1.65. The van der Waals surface area contributed by atoms with Crippen LogP contribution in [0.2, 0.25) is 5.02 Å². The molecule has 0 fully saturated rings. The molecule has 0 amide bonds. The van der Waals surface area contributed by atoms with Crippen LogP contribution in [0.1, 0.15) is 0 Å². The summed E-state index contributed by atoms with van der Waals surface area (Å²) in [7, 11) is 1.43. The third kappa shape index (κ3) is 3.87. The number of hydrogen-bond donors (Lipinski definition) is 1. The van der Waals surface area contributed by atoms with Gasteiger partial charge in [0.2, 0.25) is 0 Å². The van der Waals surface area contributed by atoms with Crippen molar-refractivity contribution < 1.29 is 17.9 Å². The lowest BCUT2D eigenvalue weighted by Gasteiger charge is -2.11. The van der Waals surface area contributed by atoms with Gasteiger partial charge in [0.25, 0.3) is 0 Å². The van der Waals surface area contributed by atoms with Crippen molar-refractivity contribution in [2.45, 2.75) is 6.18 Å². The highest BCUT2D eigenvalue weighted by Gasteiger charge is 2.26. The van der Waals surface area contributed by atoms with Crippen LogP contribution in [0.15, 0.2) is 18.2 Å². The molecule has 0 bridgehead atoms. The largest absolute Gasteiger partial charge is 0.497 e. The highest BCUT2D eigenvalue weighted by Crippen LogP contribution is 2.27. The van der Waals surface area contributed by atoms with Crippen molar-refractivity contribution in [3.05, 3.63) is 23.2 Å². The van der Waals surface area contributed by atoms with E-state index < -0.39 is 12.7 Å². The average molecular weight is 240 g/mol. The van der Waals surface area contributed by atoms with Crippen molar-refractivity contribution in [3.8, 4) is 5.75 Å². The molecule has 0 aliphatic carbocycles. The van der Waals surface area contributed by atoms with Gasteiger partial charge in [-0.05, 0) is 12.1 Å². The topological polar surface area (TPSA) is 21.3 Å². The average Bonchev–Trinajstić information content (AvgIpc) is 2.15. The van der Waals surface area contributed by atoms with Crippen molar-refractivity contribution in [1.82, 2.24) is 0 Å². The van der Waals surface area contributed by atoms with Crippen molar-refractivity contribution in [2.75, 3.05) is 19.0 Å². The van der Waals surface area contributed by atoms with E-state index in [-0.39, 0.29) is 10.7 Å². The molecular weight excluding hydrogens is 231 g/mol. The fraction of sp³-hybridized carbons (Fsp3) is 0.333. The van der Waals surface area contributed by atoms with E-state index in [2.05, 4.69) is 5.32 Å². The Bertz CT molecular complexity index is 341. The number of nitrogens with one attached hydrogen (secondary N) is 1. The summed E-state index contributed by atoms with van der Waals surface area (Å²) < 4.78 is 40.6. The molecule has 0 atom stereocenters. The second-order valence-electron chi connectivity index (χ2n) is 2.81. The van der Waals surface area contributed by atoms with Crippen LogP contribution in [0.5, 0.6) is 5.75 Å². The molecule has 2 nitrogen and oxygen atoms in total. The molecule has 84 valence electrons. The van der Waals surface area contributed by atoms with Crippen LogP contribution in [-0.4, -0.2) is 19.8 Å². The first kappa shape index (κ1) is 12.0. The van der Waals surface area contributed by atoms with Gasteiger partial charge in [0.05, 0.1) is 17.8 Å². The Kier molecular flexibility index (Phi) is 3.68. The van der Waals surface area contributed by atoms with Crippen molar-refractivity contribution >= 4 is 17.3 Å². The molecule has 0 aromatic heterocycles. The van der Waals surface area contributed by atoms with Crippen molar-refractivity contribution in [1.29, 1.82) is 0 Å². The molecule has 0 aliphatic heterocycles. The smallest absolute Gasteiger partial charge is 0.405 e. The molecule has 0 radical (unpaired) electrons. The Labute approximate surface area is 90.0 Å². The molecule has 1 N–H and O–H groups in total. The fourth-order valence-electron chi connectivity index (χ4n) is 0.962. The first-order valence-corrected chi connectivity index (χ1v) is 4.44. The lowest BCUT2D eigenvalue weighted by Crippen LogP contribution is -2.21. The normalized spacial score (nSPS) is 11.3. The molecule has 0 aliphatic rings. The van der Waals surface area contributed by atoms with Crippen LogP contribution >= 0.6 is 11.6 Å². The van der Waals surface area contributed by atoms with E-state index in [0.717, 1.165) is 0 Å². The number of benzene rings is 1. The summed E-state index contributed by atoms with van der Waals surface area (Å²) in [5.74, 6) is 0.448. The molecule has 1 aromatic rings. The number of hydrogen-bond acceptors (Lipinski definition) is 2. The summed E-state index contributed by atoms with van der Waals surface area (Å²) in [4.78, 5) is 0. The monoisotopic (exact) mass is 239 g/mol. The van der Waals surface area contributed by atoms with Crippen LogP contribution in [0.25, 0.3) is 0 Å². The van der Waals surface area contributed by atoms with Crippen LogP contribution < -0.4 is 10.1 Å². The van der Waals surface area contributed by atoms with Crippen LogP contribution in [0.3, 0.4) is 0 Å². The number of alkyl halides is 3. The summed E-state index contributed by atoms with van der Waals surface area (Å²) >= 11 is 5.70. The molecule has 1 rings (SSSR count). The summed E-state index contributed by atoms with van der Waals surface area (Å²) in [6, 6.07) is 4.45. The van der Waals surface area contributed by atoms with Crippen LogP contribution in [-0.2, 0) is 0 Å². The Morgan fingerprint density at radius 1 is 1.40 bits per heavy atom. The van der Waals surface area contributed by atoms with E-state index in [4.69, 9.17) is 16.3 Å². The van der Waals surface area contributed by atoms with Crippen molar-refractivity contribution in [3.63, 3.8) is 0 Å². The Morgan fingerprint density at radius 2 is 2.07 bits per heavy atom. The maximum Gasteiger partial charge on any atom is 0.405 e. The quantitative estimate of drug-likeness (QED) is 0.874. The zero-order valence-electron chi connectivity index (χ0n) is 7.86. The van der Waals surface area contributed by atoms with E-state index in [1.165, 1.54) is 19.2 Å². The van der Waals surface area contributed by atoms with Gasteiger partial charge in [-0.25, -0.2) is 0 Å². The van der Waals surface area contributed by atoms with E-state index in [1.807, 2.05) is 0 Å². The van der Waals surface area contributed by atoms with Gasteiger partial charge in [0.1, 0.15) is 12.3 Å². The number of methoxy groups -OCH3 is 1. The molecule has 0 heterocycles. The van der Waals surface area contributed by atoms with Gasteiger partial charge in [-0.2, -0.15) is 13.2 Å². The molecular formula is C9H9ClF3NO. The second kappa shape index (κ2) is 4.61. The highest BCUT2D eigenvalue weighted by molar-refractivity contribution is 6.33. The molecule has 6 heteroatoms. The maximum absolute atomic E-state index is 11.9. The predicted octanol–water partition coefficient (Wildman–Crippen LogP) is 3.32. The summed E-state index contributed by atoms with van der Waals surface area (Å²) in [5.41, 5.74) is 0.202. The highest BCUT2D eigenvalue weighted by atomic mass is 35.5. The summed E-state index contributed by atoms with van der Waals surface area (Å²) in [6.45, 7) is -1.13. The SMILES string of the molecule is COc1ccc(Cl)c(NCC(F)(F)F)c1. The van der Waals surface area contributed by atoms with Gasteiger partial charge in [-0.15, -0.1) is 0 Å². The minimum absolute atomic E-state index is 0.202. The minimum Gasteiger partial charge on any atom is -0.497 e. The van der Waals surface area contributed by atoms with Gasteiger partial charge in [-0.3, -0.25) is 0 Å². The van der Waals surface area contributed by atoms with E-state index in [9.17, 15) is 13.2 Å². The summed E-state index contributed by atoms with van der Waals surface area (Å²) in [5, 5.41) is 2.41. The molecule has 0 saturated carbocycles. The van der Waals surface area contributed by atoms with Gasteiger partial charge < -0.3 is 10.1 Å². The zero-order chi connectivity index (χ0) is 11.5. The first-order chi connectivity index (χ1) is 6.92. The Morgan fingerprint density at radius 3 is 2.60 bits per heavy atom. The van der Waals surface area contributed by atoms with E-state index >= 15 is 0 Å². The predicted molar refractivity (Wildman–Crippen MR) is 52.5 cm³/mol. The lowest BCUT2D eigenvalue weighted by atomic mass is 10.3. The third-order valence-corrected chi connectivity index (χ3v) is 1.98. The standard InChI is InChI=1S/C9H9ClF3NO/c1-15-6-2-3-7(10)8(4-6)14-5-9(11,12)13/h2-4,14H,5H2,1H3. The number of ether oxygens (including phenoxy) is 1. The van der Waals surface area contributed by atoms with Crippen molar-refractivity contribution in [2.24, 2.45) is 0 Å². The number of rotatable bonds is 3. The zero-order valence-corrected chi connectivity index (χ0v) is 8.62. The number of halogens is 4. The Hall–Kier alpha value is -1.10. The molecule has 0 unspecified atom stereocenters. The first-order valence-electron chi connectivity index (χ1n) is 4.06. The second-order valence-corrected chi connectivity index (χ2v) is 3.22. The van der Waals surface area contributed by atoms with E-state index in [1.54, 1.807) is 6.07 Å². The van der Waals surface area contributed by atoms with Crippen LogP contribution in [0, 0.1) is 0 Å². The molecule has 15 heavy (non-hydrogen) atoms. The van der Waals surface area contributed by atoms with Gasteiger partial charge in [-0.1, -0.05) is 11.6 Å². The molecule has 0 saturated heterocycles. The Balaban J connectivity index is 2.75.